The van der Waals surface area contributed by atoms with Crippen LogP contribution in [-0.4, -0.2) is 59.2 Å². The zero-order valence-corrected chi connectivity index (χ0v) is 24.5. The number of carboxylic acid groups (broad SMARTS) is 1. The zero-order valence-electron chi connectivity index (χ0n) is 24.5. The van der Waals surface area contributed by atoms with Gasteiger partial charge in [0.15, 0.2) is 5.78 Å². The minimum absolute atomic E-state index is 0.0507. The molecule has 4 rings (SSSR count). The lowest BCUT2D eigenvalue weighted by molar-refractivity contribution is -0.140. The lowest BCUT2D eigenvalue weighted by Crippen LogP contribution is -2.54. The number of hydrogen-bond acceptors (Lipinski definition) is 7. The SMILES string of the molecule is C=C(N[C@@H](Cc1ccccc1)C(=O)[C@@]1(C)CO1)[C@H](Cc1ccccc1)NC(=O)[C@H](CC(=O)O)NC(=O)OCc1ccccc1. The maximum absolute atomic E-state index is 13.5. The molecule has 2 amide bonds. The highest BCUT2D eigenvalue weighted by molar-refractivity contribution is 5.94. The molecule has 3 aromatic rings. The average molecular weight is 600 g/mol. The first-order valence-corrected chi connectivity index (χ1v) is 14.3. The van der Waals surface area contributed by atoms with Crippen molar-refractivity contribution in [1.82, 2.24) is 16.0 Å². The standard InChI is InChI=1S/C34H37N3O7/c1-23(35-28(31(40)34(2)22-44-34)19-25-14-8-4-9-15-25)27(18-24-12-6-3-7-13-24)36-32(41)29(20-30(38)39)37-33(42)43-21-26-16-10-5-11-17-26/h3-17,27-29,35H,1,18-22H2,2H3,(H,36,41)(H,37,42)(H,38,39)/t27-,28-,29-,34+/m0/s1. The van der Waals surface area contributed by atoms with Gasteiger partial charge >= 0.3 is 12.1 Å². The molecule has 10 heteroatoms. The van der Waals surface area contributed by atoms with E-state index < -0.39 is 48.1 Å². The molecule has 0 aromatic heterocycles. The Labute approximate surface area is 256 Å². The van der Waals surface area contributed by atoms with Crippen LogP contribution in [-0.2, 0) is 43.3 Å². The predicted octanol–water partition coefficient (Wildman–Crippen LogP) is 3.56. The number of carbonyl (C=O) groups is 4. The second-order valence-corrected chi connectivity index (χ2v) is 10.9. The normalized spacial score (nSPS) is 17.3. The molecule has 1 saturated heterocycles. The highest BCUT2D eigenvalue weighted by Crippen LogP contribution is 2.29. The van der Waals surface area contributed by atoms with E-state index in [2.05, 4.69) is 22.5 Å². The number of carbonyl (C=O) groups excluding carboxylic acids is 3. The number of hydrogen-bond donors (Lipinski definition) is 4. The monoisotopic (exact) mass is 599 g/mol. The van der Waals surface area contributed by atoms with Crippen LogP contribution >= 0.6 is 0 Å². The Morgan fingerprint density at radius 1 is 0.795 bits per heavy atom. The quantitative estimate of drug-likeness (QED) is 0.183. The van der Waals surface area contributed by atoms with Gasteiger partial charge in [-0.05, 0) is 36.5 Å². The van der Waals surface area contributed by atoms with Crippen molar-refractivity contribution < 1.29 is 33.8 Å². The van der Waals surface area contributed by atoms with E-state index in [1.807, 2.05) is 66.7 Å². The van der Waals surface area contributed by atoms with Crippen LogP contribution in [0.25, 0.3) is 0 Å². The highest BCUT2D eigenvalue weighted by Gasteiger charge is 2.50. The van der Waals surface area contributed by atoms with Gasteiger partial charge in [0.1, 0.15) is 18.2 Å². The molecule has 0 radical (unpaired) electrons. The summed E-state index contributed by atoms with van der Waals surface area (Å²) in [5.41, 5.74) is 1.98. The summed E-state index contributed by atoms with van der Waals surface area (Å²) in [6.07, 6.45) is -0.954. The molecule has 230 valence electrons. The van der Waals surface area contributed by atoms with E-state index in [9.17, 15) is 24.3 Å². The number of epoxide rings is 1. The lowest BCUT2D eigenvalue weighted by Gasteiger charge is -2.29. The Kier molecular flexibility index (Phi) is 10.9. The van der Waals surface area contributed by atoms with E-state index in [1.54, 1.807) is 31.2 Å². The molecule has 10 nitrogen and oxygen atoms in total. The molecular weight excluding hydrogens is 562 g/mol. The number of alkyl carbamates (subject to hydrolysis) is 1. The summed E-state index contributed by atoms with van der Waals surface area (Å²) >= 11 is 0. The van der Waals surface area contributed by atoms with Gasteiger partial charge in [-0.15, -0.1) is 0 Å². The molecule has 1 aliphatic rings. The average Bonchev–Trinajstić information content (AvgIpc) is 3.78. The van der Waals surface area contributed by atoms with Gasteiger partial charge in [0.05, 0.1) is 25.1 Å². The van der Waals surface area contributed by atoms with Crippen molar-refractivity contribution in [1.29, 1.82) is 0 Å². The van der Waals surface area contributed by atoms with Crippen LogP contribution in [0, 0.1) is 0 Å². The predicted molar refractivity (Wildman–Crippen MR) is 163 cm³/mol. The molecule has 1 heterocycles. The first kappa shape index (κ1) is 32.0. The third kappa shape index (κ3) is 9.53. The third-order valence-corrected chi connectivity index (χ3v) is 7.28. The Morgan fingerprint density at radius 3 is 1.80 bits per heavy atom. The van der Waals surface area contributed by atoms with Crippen molar-refractivity contribution in [2.24, 2.45) is 0 Å². The van der Waals surface area contributed by atoms with Crippen LogP contribution < -0.4 is 16.0 Å². The molecule has 0 unspecified atom stereocenters. The largest absolute Gasteiger partial charge is 0.481 e. The van der Waals surface area contributed by atoms with Crippen LogP contribution in [0.2, 0.25) is 0 Å². The van der Waals surface area contributed by atoms with Crippen molar-refractivity contribution in [3.05, 3.63) is 120 Å². The number of Topliss-reactive ketones (excluding diaryl/α,β-unsaturated/α-hetero) is 1. The fourth-order valence-electron chi connectivity index (χ4n) is 4.68. The summed E-state index contributed by atoms with van der Waals surface area (Å²) in [5.74, 6) is -2.16. The first-order valence-electron chi connectivity index (χ1n) is 14.3. The van der Waals surface area contributed by atoms with E-state index >= 15 is 0 Å². The van der Waals surface area contributed by atoms with Crippen molar-refractivity contribution in [2.45, 2.75) is 56.5 Å². The van der Waals surface area contributed by atoms with Crippen LogP contribution in [0.15, 0.2) is 103 Å². The van der Waals surface area contributed by atoms with Gasteiger partial charge in [0.2, 0.25) is 5.91 Å². The molecule has 1 aliphatic heterocycles. The van der Waals surface area contributed by atoms with Gasteiger partial charge in [-0.2, -0.15) is 0 Å². The molecular formula is C34H37N3O7. The van der Waals surface area contributed by atoms with Gasteiger partial charge in [-0.25, -0.2) is 4.79 Å². The number of ether oxygens (including phenoxy) is 2. The van der Waals surface area contributed by atoms with Crippen LogP contribution in [0.1, 0.15) is 30.0 Å². The van der Waals surface area contributed by atoms with Crippen LogP contribution in [0.4, 0.5) is 4.79 Å². The van der Waals surface area contributed by atoms with E-state index in [1.165, 1.54) is 0 Å². The zero-order chi connectivity index (χ0) is 31.5. The summed E-state index contributed by atoms with van der Waals surface area (Å²) in [4.78, 5) is 51.1. The fourth-order valence-corrected chi connectivity index (χ4v) is 4.68. The second-order valence-electron chi connectivity index (χ2n) is 10.9. The number of benzene rings is 3. The fraction of sp³-hybridized carbons (Fsp3) is 0.294. The molecule has 0 bridgehead atoms. The van der Waals surface area contributed by atoms with Gasteiger partial charge in [-0.1, -0.05) is 97.6 Å². The molecule has 0 saturated carbocycles. The molecule has 4 atom stereocenters. The van der Waals surface area contributed by atoms with Crippen molar-refractivity contribution in [3.8, 4) is 0 Å². The maximum atomic E-state index is 13.5. The third-order valence-electron chi connectivity index (χ3n) is 7.28. The number of nitrogens with one attached hydrogen (secondary N) is 3. The van der Waals surface area contributed by atoms with Crippen molar-refractivity contribution in [2.75, 3.05) is 6.61 Å². The van der Waals surface area contributed by atoms with E-state index in [0.717, 1.165) is 16.7 Å². The number of amides is 2. The second kappa shape index (κ2) is 15.0. The van der Waals surface area contributed by atoms with Gasteiger partial charge in [0.25, 0.3) is 0 Å². The van der Waals surface area contributed by atoms with Gasteiger partial charge in [-0.3, -0.25) is 14.4 Å². The molecule has 0 spiro atoms. The Morgan fingerprint density at radius 2 is 1.30 bits per heavy atom. The van der Waals surface area contributed by atoms with E-state index in [4.69, 9.17) is 9.47 Å². The topological polar surface area (TPSA) is 146 Å². The Hall–Kier alpha value is -4.96. The number of rotatable bonds is 16. The van der Waals surface area contributed by atoms with Crippen molar-refractivity contribution >= 4 is 23.8 Å². The number of carboxylic acids is 1. The maximum Gasteiger partial charge on any atom is 0.408 e. The summed E-state index contributed by atoms with van der Waals surface area (Å²) in [7, 11) is 0. The molecule has 0 aliphatic carbocycles. The van der Waals surface area contributed by atoms with Gasteiger partial charge in [0, 0.05) is 5.70 Å². The minimum atomic E-state index is -1.43. The number of ketones is 1. The summed E-state index contributed by atoms with van der Waals surface area (Å²) < 4.78 is 10.6. The molecule has 4 N–H and O–H groups in total. The molecule has 3 aromatic carbocycles. The number of aliphatic carboxylic acids is 1. The smallest absolute Gasteiger partial charge is 0.408 e. The van der Waals surface area contributed by atoms with Crippen LogP contribution in [0.5, 0.6) is 0 Å². The van der Waals surface area contributed by atoms with Crippen LogP contribution in [0.3, 0.4) is 0 Å². The summed E-state index contributed by atoms with van der Waals surface area (Å²) in [6, 6.07) is 24.9. The van der Waals surface area contributed by atoms with E-state index in [0.29, 0.717) is 18.7 Å². The Bertz CT molecular complexity index is 1440. The first-order chi connectivity index (χ1) is 21.1. The molecule has 1 fully saturated rings. The Balaban J connectivity index is 1.50. The highest BCUT2D eigenvalue weighted by atomic mass is 16.6. The lowest BCUT2D eigenvalue weighted by atomic mass is 9.93. The molecule has 44 heavy (non-hydrogen) atoms. The van der Waals surface area contributed by atoms with E-state index in [-0.39, 0.29) is 18.8 Å². The summed E-state index contributed by atoms with van der Waals surface area (Å²) in [6.45, 7) is 6.17. The van der Waals surface area contributed by atoms with Crippen molar-refractivity contribution in [3.63, 3.8) is 0 Å². The minimum Gasteiger partial charge on any atom is -0.481 e. The van der Waals surface area contributed by atoms with Gasteiger partial charge < -0.3 is 30.5 Å². The summed E-state index contributed by atoms with van der Waals surface area (Å²) in [5, 5.41) is 17.9.